The number of halogens is 4. The predicted molar refractivity (Wildman–Crippen MR) is 93.2 cm³/mol. The van der Waals surface area contributed by atoms with Crippen molar-refractivity contribution >= 4 is 17.3 Å². The molecule has 11 heteroatoms. The van der Waals surface area contributed by atoms with Crippen molar-refractivity contribution in [3.63, 3.8) is 0 Å². The zero-order valence-electron chi connectivity index (χ0n) is 14.1. The number of benzene rings is 1. The first-order valence-corrected chi connectivity index (χ1v) is 8.03. The summed E-state index contributed by atoms with van der Waals surface area (Å²) >= 11 is 5.81. The lowest BCUT2D eigenvalue weighted by Crippen LogP contribution is -2.10. The van der Waals surface area contributed by atoms with Crippen LogP contribution in [0.2, 0.25) is 5.02 Å². The molecule has 0 aliphatic rings. The maximum atomic E-state index is 13.2. The van der Waals surface area contributed by atoms with E-state index in [4.69, 9.17) is 16.3 Å². The Balaban J connectivity index is 2.10. The zero-order valence-corrected chi connectivity index (χ0v) is 14.8. The Labute approximate surface area is 161 Å². The topological polar surface area (TPSA) is 91.0 Å². The third-order valence-corrected chi connectivity index (χ3v) is 3.85. The van der Waals surface area contributed by atoms with Gasteiger partial charge in [0.15, 0.2) is 11.5 Å². The zero-order chi connectivity index (χ0) is 20.5. The number of nitro benzene ring substituents is 1. The van der Waals surface area contributed by atoms with E-state index in [1.807, 2.05) is 0 Å². The molecule has 144 valence electrons. The molecule has 0 unspecified atom stereocenters. The summed E-state index contributed by atoms with van der Waals surface area (Å²) in [7, 11) is 0. The van der Waals surface area contributed by atoms with Crippen LogP contribution in [0.1, 0.15) is 11.3 Å². The molecule has 0 bridgehead atoms. The minimum atomic E-state index is -4.76. The Morgan fingerprint density at radius 3 is 2.54 bits per heavy atom. The van der Waals surface area contributed by atoms with Crippen molar-refractivity contribution in [2.24, 2.45) is 0 Å². The summed E-state index contributed by atoms with van der Waals surface area (Å²) in [5.74, 6) is -0.802. The molecule has 0 saturated heterocycles. The first-order chi connectivity index (χ1) is 13.1. The van der Waals surface area contributed by atoms with Crippen LogP contribution in [0.4, 0.5) is 18.9 Å². The van der Waals surface area contributed by atoms with Gasteiger partial charge in [0.05, 0.1) is 11.0 Å². The minimum Gasteiger partial charge on any atom is -0.438 e. The summed E-state index contributed by atoms with van der Waals surface area (Å²) in [6.07, 6.45) is -3.38. The molecule has 3 aromatic rings. The third-order valence-electron chi connectivity index (χ3n) is 3.54. The minimum absolute atomic E-state index is 0.0603. The first-order valence-electron chi connectivity index (χ1n) is 7.65. The molecule has 0 spiro atoms. The van der Waals surface area contributed by atoms with Gasteiger partial charge in [-0.1, -0.05) is 17.7 Å². The summed E-state index contributed by atoms with van der Waals surface area (Å²) in [5, 5.41) is 10.9. The van der Waals surface area contributed by atoms with Crippen molar-refractivity contribution in [2.45, 2.75) is 13.1 Å². The fourth-order valence-electron chi connectivity index (χ4n) is 2.24. The number of hydrogen-bond acceptors (Lipinski definition) is 6. The molecule has 7 nitrogen and oxygen atoms in total. The summed E-state index contributed by atoms with van der Waals surface area (Å²) in [6, 6.07) is 7.50. The van der Waals surface area contributed by atoms with Crippen LogP contribution >= 0.6 is 11.6 Å². The highest BCUT2D eigenvalue weighted by atomic mass is 35.5. The molecule has 0 N–H and O–H groups in total. The fraction of sp³-hybridized carbons (Fsp3) is 0.118. The summed E-state index contributed by atoms with van der Waals surface area (Å²) in [6.45, 7) is 1.54. The molecule has 0 radical (unpaired) electrons. The second-order valence-corrected chi connectivity index (χ2v) is 5.96. The number of rotatable bonds is 4. The van der Waals surface area contributed by atoms with Crippen LogP contribution in [0, 0.1) is 17.0 Å². The van der Waals surface area contributed by atoms with Gasteiger partial charge >= 0.3 is 6.18 Å². The van der Waals surface area contributed by atoms with Crippen LogP contribution in [0.3, 0.4) is 0 Å². The van der Waals surface area contributed by atoms with Crippen LogP contribution in [0.15, 0.2) is 42.6 Å². The van der Waals surface area contributed by atoms with Crippen molar-refractivity contribution in [3.05, 3.63) is 69.0 Å². The maximum Gasteiger partial charge on any atom is 0.433 e. The average Bonchev–Trinajstić information content (AvgIpc) is 2.63. The molecule has 1 aromatic carbocycles. The number of nitrogens with zero attached hydrogens (tertiary/aromatic N) is 4. The van der Waals surface area contributed by atoms with Gasteiger partial charge in [-0.15, -0.1) is 0 Å². The molecule has 2 heterocycles. The van der Waals surface area contributed by atoms with Gasteiger partial charge in [-0.3, -0.25) is 15.1 Å². The maximum absolute atomic E-state index is 13.2. The van der Waals surface area contributed by atoms with Gasteiger partial charge in [0.2, 0.25) is 5.88 Å². The number of aromatic nitrogens is 3. The predicted octanol–water partition coefficient (Wildman–Crippen LogP) is 5.22. The van der Waals surface area contributed by atoms with Crippen LogP contribution in [-0.4, -0.2) is 19.9 Å². The SMILES string of the molecule is Cc1cc(Cl)c([N+](=O)[O-])cc1Oc1cc(C(F)(F)F)nc(-c2ccccn2)n1. The highest BCUT2D eigenvalue weighted by Gasteiger charge is 2.34. The van der Waals surface area contributed by atoms with Crippen molar-refractivity contribution in [2.75, 3.05) is 0 Å². The normalized spacial score (nSPS) is 11.3. The van der Waals surface area contributed by atoms with Gasteiger partial charge in [-0.25, -0.2) is 4.98 Å². The van der Waals surface area contributed by atoms with Gasteiger partial charge in [0, 0.05) is 12.3 Å². The van der Waals surface area contributed by atoms with E-state index in [9.17, 15) is 23.3 Å². The molecule has 0 aliphatic heterocycles. The molecule has 0 amide bonds. The Morgan fingerprint density at radius 1 is 1.18 bits per heavy atom. The lowest BCUT2D eigenvalue weighted by molar-refractivity contribution is -0.384. The summed E-state index contributed by atoms with van der Waals surface area (Å²) < 4.78 is 45.1. The van der Waals surface area contributed by atoms with Gasteiger partial charge < -0.3 is 4.74 Å². The summed E-state index contributed by atoms with van der Waals surface area (Å²) in [4.78, 5) is 21.7. The van der Waals surface area contributed by atoms with Crippen molar-refractivity contribution in [3.8, 4) is 23.1 Å². The van der Waals surface area contributed by atoms with E-state index in [0.29, 0.717) is 11.6 Å². The van der Waals surface area contributed by atoms with Crippen LogP contribution in [0.5, 0.6) is 11.6 Å². The monoisotopic (exact) mass is 410 g/mol. The van der Waals surface area contributed by atoms with E-state index in [1.54, 1.807) is 12.1 Å². The fourth-order valence-corrected chi connectivity index (χ4v) is 2.52. The van der Waals surface area contributed by atoms with Gasteiger partial charge in [-0.05, 0) is 30.7 Å². The quantitative estimate of drug-likeness (QED) is 0.432. The van der Waals surface area contributed by atoms with Crippen LogP contribution in [-0.2, 0) is 6.18 Å². The second kappa shape index (κ2) is 7.39. The van der Waals surface area contributed by atoms with E-state index < -0.39 is 28.4 Å². The molecule has 2 aromatic heterocycles. The second-order valence-electron chi connectivity index (χ2n) is 5.56. The Hall–Kier alpha value is -3.27. The number of hydrogen-bond donors (Lipinski definition) is 0. The molecule has 0 atom stereocenters. The number of ether oxygens (including phenoxy) is 1. The van der Waals surface area contributed by atoms with Crippen molar-refractivity contribution in [1.82, 2.24) is 15.0 Å². The van der Waals surface area contributed by atoms with Gasteiger partial charge in [0.1, 0.15) is 16.5 Å². The van der Waals surface area contributed by atoms with Crippen LogP contribution in [0.25, 0.3) is 11.5 Å². The lowest BCUT2D eigenvalue weighted by atomic mass is 10.2. The highest BCUT2D eigenvalue weighted by molar-refractivity contribution is 6.32. The van der Waals surface area contributed by atoms with Crippen molar-refractivity contribution in [1.29, 1.82) is 0 Å². The first kappa shape index (κ1) is 19.5. The molecular formula is C17H10ClF3N4O3. The number of nitro groups is 1. The summed E-state index contributed by atoms with van der Waals surface area (Å²) in [5.41, 5.74) is -1.20. The number of pyridine rings is 1. The number of alkyl halides is 3. The Morgan fingerprint density at radius 2 is 1.93 bits per heavy atom. The smallest absolute Gasteiger partial charge is 0.433 e. The molecule has 0 saturated carbocycles. The molecule has 3 rings (SSSR count). The van der Waals surface area contributed by atoms with E-state index >= 15 is 0 Å². The Bertz CT molecular complexity index is 1050. The van der Waals surface area contributed by atoms with E-state index in [1.165, 1.54) is 25.3 Å². The van der Waals surface area contributed by atoms with Crippen LogP contribution < -0.4 is 4.74 Å². The standard InChI is InChI=1S/C17H10ClF3N4O3/c1-9-6-10(18)12(25(26)27)7-13(9)28-15-8-14(17(19,20)21)23-16(24-15)11-4-2-3-5-22-11/h2-8H,1H3. The molecule has 28 heavy (non-hydrogen) atoms. The lowest BCUT2D eigenvalue weighted by Gasteiger charge is -2.12. The van der Waals surface area contributed by atoms with E-state index in [0.717, 1.165) is 6.07 Å². The molecular weight excluding hydrogens is 401 g/mol. The Kier molecular flexibility index (Phi) is 5.14. The van der Waals surface area contributed by atoms with Gasteiger partial charge in [-0.2, -0.15) is 18.2 Å². The number of aryl methyl sites for hydroxylation is 1. The third kappa shape index (κ3) is 4.17. The van der Waals surface area contributed by atoms with E-state index in [2.05, 4.69) is 15.0 Å². The molecule has 0 aliphatic carbocycles. The van der Waals surface area contributed by atoms with Gasteiger partial charge in [0.25, 0.3) is 5.69 Å². The highest BCUT2D eigenvalue weighted by Crippen LogP contribution is 2.36. The molecule has 0 fully saturated rings. The average molecular weight is 411 g/mol. The van der Waals surface area contributed by atoms with Crippen molar-refractivity contribution < 1.29 is 22.8 Å². The largest absolute Gasteiger partial charge is 0.438 e. The van der Waals surface area contributed by atoms with E-state index in [-0.39, 0.29) is 22.3 Å².